The molecule has 6 heteroatoms. The molecule has 0 aliphatic rings. The fraction of sp³-hybridized carbons (Fsp3) is 0.0909. The number of fused-ring (bicyclic) bond motifs is 1. The highest BCUT2D eigenvalue weighted by Gasteiger charge is 2.05. The maximum Gasteiger partial charge on any atom is 0.250 e. The molecule has 0 saturated carbocycles. The van der Waals surface area contributed by atoms with Gasteiger partial charge in [0, 0.05) is 11.8 Å². The summed E-state index contributed by atoms with van der Waals surface area (Å²) >= 11 is 5.22. The number of benzene rings is 3. The molecule has 3 rings (SSSR count). The Morgan fingerprint density at radius 2 is 1.68 bits per heavy atom. The second-order valence-corrected chi connectivity index (χ2v) is 6.36. The van der Waals surface area contributed by atoms with Crippen LogP contribution >= 0.6 is 12.2 Å². The van der Waals surface area contributed by atoms with Crippen LogP contribution in [-0.4, -0.2) is 25.2 Å². The van der Waals surface area contributed by atoms with Gasteiger partial charge in [-0.05, 0) is 58.9 Å². The average Bonchev–Trinajstić information content (AvgIpc) is 2.71. The Balaban J connectivity index is 1.60. The summed E-state index contributed by atoms with van der Waals surface area (Å²) in [6.45, 7) is 0. The van der Waals surface area contributed by atoms with Crippen LogP contribution in [0.3, 0.4) is 0 Å². The Labute approximate surface area is 169 Å². The summed E-state index contributed by atoms with van der Waals surface area (Å²) in [4.78, 5) is 12.1. The number of hydrogen-bond donors (Lipinski definition) is 2. The number of nitrogens with one attached hydrogen (secondary N) is 2. The highest BCUT2D eigenvalue weighted by atomic mass is 32.1. The Kier molecular flexibility index (Phi) is 6.24. The van der Waals surface area contributed by atoms with E-state index in [1.165, 1.54) is 6.08 Å². The van der Waals surface area contributed by atoms with Gasteiger partial charge in [-0.15, -0.1) is 0 Å². The lowest BCUT2D eigenvalue weighted by Gasteiger charge is -2.09. The van der Waals surface area contributed by atoms with Crippen LogP contribution in [0.2, 0.25) is 0 Å². The van der Waals surface area contributed by atoms with E-state index in [2.05, 4.69) is 10.6 Å². The van der Waals surface area contributed by atoms with E-state index in [0.29, 0.717) is 11.5 Å². The molecule has 28 heavy (non-hydrogen) atoms. The first kappa shape index (κ1) is 19.4. The van der Waals surface area contributed by atoms with Crippen molar-refractivity contribution in [2.75, 3.05) is 19.5 Å². The van der Waals surface area contributed by atoms with Gasteiger partial charge in [0.25, 0.3) is 0 Å². The molecule has 0 fully saturated rings. The minimum Gasteiger partial charge on any atom is -0.493 e. The Morgan fingerprint density at radius 3 is 2.43 bits per heavy atom. The largest absolute Gasteiger partial charge is 0.493 e. The standard InChI is InChI=1S/C22H20N2O3S/c1-26-19-11-7-15(13-20(19)27-2)8-12-21(25)24-22(28)23-18-10-9-16-5-3-4-6-17(16)14-18/h3-14H,1-2H3,(H2,23,24,25,28)/b12-8+. The number of anilines is 1. The van der Waals surface area contributed by atoms with E-state index in [4.69, 9.17) is 21.7 Å². The van der Waals surface area contributed by atoms with Crippen LogP contribution in [-0.2, 0) is 4.79 Å². The zero-order valence-electron chi connectivity index (χ0n) is 15.6. The van der Waals surface area contributed by atoms with Crippen LogP contribution in [0.1, 0.15) is 5.56 Å². The summed E-state index contributed by atoms with van der Waals surface area (Å²) in [6.07, 6.45) is 3.09. The third kappa shape index (κ3) is 4.86. The molecule has 0 bridgehead atoms. The zero-order chi connectivity index (χ0) is 19.9. The SMILES string of the molecule is COc1ccc(/C=C/C(=O)NC(=S)Nc2ccc3ccccc3c2)cc1OC. The van der Waals surface area contributed by atoms with E-state index in [0.717, 1.165) is 22.0 Å². The minimum atomic E-state index is -0.326. The zero-order valence-corrected chi connectivity index (χ0v) is 16.4. The summed E-state index contributed by atoms with van der Waals surface area (Å²) in [5.74, 6) is 0.900. The molecule has 0 saturated heterocycles. The molecule has 2 N–H and O–H groups in total. The second-order valence-electron chi connectivity index (χ2n) is 5.95. The van der Waals surface area contributed by atoms with Crippen LogP contribution in [0, 0.1) is 0 Å². The van der Waals surface area contributed by atoms with Gasteiger partial charge in [0.05, 0.1) is 14.2 Å². The van der Waals surface area contributed by atoms with Gasteiger partial charge in [-0.3, -0.25) is 10.1 Å². The third-order valence-electron chi connectivity index (χ3n) is 4.08. The van der Waals surface area contributed by atoms with Crippen molar-refractivity contribution < 1.29 is 14.3 Å². The minimum absolute atomic E-state index is 0.234. The van der Waals surface area contributed by atoms with Crippen molar-refractivity contribution in [3.8, 4) is 11.5 Å². The van der Waals surface area contributed by atoms with Crippen molar-refractivity contribution >= 4 is 45.8 Å². The summed E-state index contributed by atoms with van der Waals surface area (Å²) < 4.78 is 10.5. The maximum atomic E-state index is 12.1. The van der Waals surface area contributed by atoms with Crippen molar-refractivity contribution in [1.82, 2.24) is 5.32 Å². The van der Waals surface area contributed by atoms with Crippen molar-refractivity contribution in [3.63, 3.8) is 0 Å². The summed E-state index contributed by atoms with van der Waals surface area (Å²) in [5.41, 5.74) is 1.62. The van der Waals surface area contributed by atoms with E-state index in [-0.39, 0.29) is 11.0 Å². The number of amides is 1. The first-order valence-corrected chi connectivity index (χ1v) is 9.01. The monoisotopic (exact) mass is 392 g/mol. The van der Waals surface area contributed by atoms with Crippen LogP contribution in [0.15, 0.2) is 66.7 Å². The molecule has 1 amide bonds. The molecule has 0 spiro atoms. The molecule has 3 aromatic rings. The quantitative estimate of drug-likeness (QED) is 0.498. The van der Waals surface area contributed by atoms with Crippen LogP contribution in [0.5, 0.6) is 11.5 Å². The van der Waals surface area contributed by atoms with Gasteiger partial charge in [-0.25, -0.2) is 0 Å². The molecule has 0 aromatic heterocycles. The Hall–Kier alpha value is -3.38. The summed E-state index contributed by atoms with van der Waals surface area (Å²) in [6, 6.07) is 19.3. The first-order valence-electron chi connectivity index (χ1n) is 8.60. The summed E-state index contributed by atoms with van der Waals surface area (Å²) in [7, 11) is 3.14. The Morgan fingerprint density at radius 1 is 0.929 bits per heavy atom. The molecule has 0 atom stereocenters. The van der Waals surface area contributed by atoms with Gasteiger partial charge in [0.2, 0.25) is 5.91 Å². The van der Waals surface area contributed by atoms with E-state index in [1.807, 2.05) is 48.5 Å². The van der Waals surface area contributed by atoms with Gasteiger partial charge < -0.3 is 14.8 Å². The lowest BCUT2D eigenvalue weighted by Crippen LogP contribution is -2.32. The lowest BCUT2D eigenvalue weighted by atomic mass is 10.1. The van der Waals surface area contributed by atoms with E-state index in [1.54, 1.807) is 32.4 Å². The molecule has 0 unspecified atom stereocenters. The number of thiocarbonyl (C=S) groups is 1. The average molecular weight is 392 g/mol. The molecule has 0 aliphatic heterocycles. The highest BCUT2D eigenvalue weighted by molar-refractivity contribution is 7.80. The predicted octanol–water partition coefficient (Wildman–Crippen LogP) is 4.38. The number of carbonyl (C=O) groups is 1. The highest BCUT2D eigenvalue weighted by Crippen LogP contribution is 2.27. The topological polar surface area (TPSA) is 59.6 Å². The molecule has 0 aliphatic carbocycles. The first-order chi connectivity index (χ1) is 13.6. The van der Waals surface area contributed by atoms with Crippen molar-refractivity contribution in [1.29, 1.82) is 0 Å². The molecule has 3 aromatic carbocycles. The van der Waals surface area contributed by atoms with Crippen LogP contribution < -0.4 is 20.1 Å². The smallest absolute Gasteiger partial charge is 0.250 e. The van der Waals surface area contributed by atoms with Gasteiger partial charge in [0.15, 0.2) is 16.6 Å². The number of rotatable bonds is 5. The second kappa shape index (κ2) is 9.01. The fourth-order valence-corrected chi connectivity index (χ4v) is 2.93. The van der Waals surface area contributed by atoms with Crippen LogP contribution in [0.4, 0.5) is 5.69 Å². The molecule has 5 nitrogen and oxygen atoms in total. The number of carbonyl (C=O) groups excluding carboxylic acids is 1. The number of ether oxygens (including phenoxy) is 2. The maximum absolute atomic E-state index is 12.1. The van der Waals surface area contributed by atoms with Gasteiger partial charge in [0.1, 0.15) is 0 Å². The molecule has 142 valence electrons. The van der Waals surface area contributed by atoms with Crippen molar-refractivity contribution in [2.45, 2.75) is 0 Å². The van der Waals surface area contributed by atoms with Crippen molar-refractivity contribution in [3.05, 3.63) is 72.3 Å². The van der Waals surface area contributed by atoms with Gasteiger partial charge in [-0.2, -0.15) is 0 Å². The third-order valence-corrected chi connectivity index (χ3v) is 4.28. The number of hydrogen-bond acceptors (Lipinski definition) is 4. The van der Waals surface area contributed by atoms with E-state index >= 15 is 0 Å². The van der Waals surface area contributed by atoms with Crippen molar-refractivity contribution in [2.24, 2.45) is 0 Å². The normalized spacial score (nSPS) is 10.6. The predicted molar refractivity (Wildman–Crippen MR) is 117 cm³/mol. The van der Waals surface area contributed by atoms with E-state index < -0.39 is 0 Å². The lowest BCUT2D eigenvalue weighted by molar-refractivity contribution is -0.115. The molecule has 0 heterocycles. The van der Waals surface area contributed by atoms with Crippen LogP contribution in [0.25, 0.3) is 16.8 Å². The van der Waals surface area contributed by atoms with E-state index in [9.17, 15) is 4.79 Å². The molecule has 0 radical (unpaired) electrons. The molecular weight excluding hydrogens is 372 g/mol. The van der Waals surface area contributed by atoms with Gasteiger partial charge >= 0.3 is 0 Å². The Bertz CT molecular complexity index is 1050. The van der Waals surface area contributed by atoms with Gasteiger partial charge in [-0.1, -0.05) is 36.4 Å². The summed E-state index contributed by atoms with van der Waals surface area (Å²) in [5, 5.41) is 8.13. The number of methoxy groups -OCH3 is 2. The fourth-order valence-electron chi connectivity index (χ4n) is 2.71. The molecular formula is C22H20N2O3S.